The molecule has 1 amide bonds. The van der Waals surface area contributed by atoms with Crippen LogP contribution in [0.5, 0.6) is 0 Å². The Balaban J connectivity index is 1.87. The minimum absolute atomic E-state index is 0.0538. The van der Waals surface area contributed by atoms with Gasteiger partial charge in [-0.1, -0.05) is 0 Å². The number of hydrogen-bond donors (Lipinski definition) is 1. The molecule has 1 unspecified atom stereocenters. The van der Waals surface area contributed by atoms with Crippen LogP contribution in [0.15, 0.2) is 6.07 Å². The summed E-state index contributed by atoms with van der Waals surface area (Å²) < 4.78 is 0. The molecule has 20 heavy (non-hydrogen) atoms. The van der Waals surface area contributed by atoms with Crippen LogP contribution < -0.4 is 5.73 Å². The van der Waals surface area contributed by atoms with E-state index in [9.17, 15) is 9.59 Å². The van der Waals surface area contributed by atoms with Crippen LogP contribution in [0.25, 0.3) is 0 Å². The van der Waals surface area contributed by atoms with E-state index in [0.717, 1.165) is 34.7 Å². The second-order valence-corrected chi connectivity index (χ2v) is 6.95. The molecule has 1 aliphatic heterocycles. The molecule has 0 aliphatic carbocycles. The molecule has 1 saturated heterocycles. The first-order valence-corrected chi connectivity index (χ1v) is 7.92. The molecular weight excluding hydrogens is 272 g/mol. The Kier molecular flexibility index (Phi) is 4.94. The van der Waals surface area contributed by atoms with Gasteiger partial charge < -0.3 is 10.6 Å². The van der Waals surface area contributed by atoms with Gasteiger partial charge in [-0.05, 0) is 32.8 Å². The Bertz CT molecular complexity index is 510. The Labute approximate surface area is 124 Å². The lowest BCUT2D eigenvalue weighted by Gasteiger charge is -2.30. The molecule has 0 radical (unpaired) electrons. The summed E-state index contributed by atoms with van der Waals surface area (Å²) in [7, 11) is 0. The highest BCUT2D eigenvalue weighted by atomic mass is 32.1. The van der Waals surface area contributed by atoms with Gasteiger partial charge in [-0.2, -0.15) is 0 Å². The van der Waals surface area contributed by atoms with Crippen molar-refractivity contribution in [2.24, 2.45) is 5.73 Å². The number of carbonyl (C=O) groups is 2. The topological polar surface area (TPSA) is 63.4 Å². The number of nitrogens with zero attached hydrogens (tertiary/aromatic N) is 1. The molecule has 0 aromatic carbocycles. The number of Topliss-reactive ketones (excluding diaryl/α,β-unsaturated/α-hetero) is 1. The summed E-state index contributed by atoms with van der Waals surface area (Å²) in [4.78, 5) is 28.2. The third kappa shape index (κ3) is 3.67. The molecule has 0 saturated carbocycles. The van der Waals surface area contributed by atoms with Crippen molar-refractivity contribution in [3.05, 3.63) is 21.4 Å². The van der Waals surface area contributed by atoms with E-state index in [1.165, 1.54) is 0 Å². The van der Waals surface area contributed by atoms with Crippen molar-refractivity contribution in [2.45, 2.75) is 45.6 Å². The molecule has 5 heteroatoms. The van der Waals surface area contributed by atoms with Gasteiger partial charge in [0.2, 0.25) is 5.91 Å². The van der Waals surface area contributed by atoms with Crippen molar-refractivity contribution in [1.82, 2.24) is 4.90 Å². The van der Waals surface area contributed by atoms with Gasteiger partial charge in [0.15, 0.2) is 5.78 Å². The average Bonchev–Trinajstić information content (AvgIpc) is 2.74. The van der Waals surface area contributed by atoms with Crippen molar-refractivity contribution < 1.29 is 9.59 Å². The number of ketones is 1. The highest BCUT2D eigenvalue weighted by Gasteiger charge is 2.22. The van der Waals surface area contributed by atoms with Crippen molar-refractivity contribution >= 4 is 23.0 Å². The first kappa shape index (κ1) is 15.2. The standard InChI is InChI=1S/C15H22N2O2S/c1-10-8-13(11(2)20-10)14(18)5-6-15(19)17-7-3-4-12(16)9-17/h8,12H,3-7,9,16H2,1-2H3. The second-order valence-electron chi connectivity index (χ2n) is 5.49. The van der Waals surface area contributed by atoms with Crippen LogP contribution in [0.4, 0.5) is 0 Å². The van der Waals surface area contributed by atoms with Crippen molar-refractivity contribution in [3.8, 4) is 0 Å². The van der Waals surface area contributed by atoms with Gasteiger partial charge in [-0.25, -0.2) is 0 Å². The normalized spacial score (nSPS) is 19.1. The van der Waals surface area contributed by atoms with E-state index >= 15 is 0 Å². The zero-order valence-corrected chi connectivity index (χ0v) is 13.0. The lowest BCUT2D eigenvalue weighted by molar-refractivity contribution is -0.132. The molecule has 2 N–H and O–H groups in total. The van der Waals surface area contributed by atoms with Crippen LogP contribution in [0.1, 0.15) is 45.8 Å². The van der Waals surface area contributed by atoms with E-state index in [-0.39, 0.29) is 17.7 Å². The van der Waals surface area contributed by atoms with Gasteiger partial charge in [0.1, 0.15) is 0 Å². The molecule has 2 rings (SSSR count). The zero-order chi connectivity index (χ0) is 14.7. The zero-order valence-electron chi connectivity index (χ0n) is 12.1. The monoisotopic (exact) mass is 294 g/mol. The van der Waals surface area contributed by atoms with E-state index in [0.29, 0.717) is 19.4 Å². The SMILES string of the molecule is Cc1cc(C(=O)CCC(=O)N2CCCC(N)C2)c(C)s1. The van der Waals surface area contributed by atoms with Gasteiger partial charge in [0.05, 0.1) is 0 Å². The third-order valence-corrected chi connectivity index (χ3v) is 4.68. The Morgan fingerprint density at radius 2 is 2.15 bits per heavy atom. The third-order valence-electron chi connectivity index (χ3n) is 3.72. The molecule has 0 spiro atoms. The number of carbonyl (C=O) groups excluding carboxylic acids is 2. The molecule has 1 aromatic heterocycles. The van der Waals surface area contributed by atoms with Gasteiger partial charge in [0.25, 0.3) is 0 Å². The molecule has 2 heterocycles. The number of aryl methyl sites for hydroxylation is 2. The Morgan fingerprint density at radius 3 is 2.75 bits per heavy atom. The summed E-state index contributed by atoms with van der Waals surface area (Å²) in [6.07, 6.45) is 2.53. The van der Waals surface area contributed by atoms with Gasteiger partial charge >= 0.3 is 0 Å². The van der Waals surface area contributed by atoms with Crippen LogP contribution in [-0.2, 0) is 4.79 Å². The summed E-state index contributed by atoms with van der Waals surface area (Å²) in [5, 5.41) is 0. The first-order chi connectivity index (χ1) is 9.47. The molecule has 1 fully saturated rings. The van der Waals surface area contributed by atoms with E-state index in [4.69, 9.17) is 5.73 Å². The molecule has 1 atom stereocenters. The fraction of sp³-hybridized carbons (Fsp3) is 0.600. The summed E-state index contributed by atoms with van der Waals surface area (Å²) in [6.45, 7) is 5.35. The molecule has 0 bridgehead atoms. The highest BCUT2D eigenvalue weighted by molar-refractivity contribution is 7.12. The Morgan fingerprint density at radius 1 is 1.40 bits per heavy atom. The summed E-state index contributed by atoms with van der Waals surface area (Å²) in [6, 6.07) is 2.01. The van der Waals surface area contributed by atoms with Gasteiger partial charge in [0, 0.05) is 47.3 Å². The second kappa shape index (κ2) is 6.50. The number of nitrogens with two attached hydrogens (primary N) is 1. The van der Waals surface area contributed by atoms with Gasteiger partial charge in [-0.15, -0.1) is 11.3 Å². The Hall–Kier alpha value is -1.20. The predicted molar refractivity (Wildman–Crippen MR) is 81.1 cm³/mol. The van der Waals surface area contributed by atoms with E-state index in [1.807, 2.05) is 19.9 Å². The average molecular weight is 294 g/mol. The molecule has 4 nitrogen and oxygen atoms in total. The van der Waals surface area contributed by atoms with Crippen LogP contribution in [0.3, 0.4) is 0 Å². The summed E-state index contributed by atoms with van der Waals surface area (Å²) in [5.74, 6) is 0.125. The fourth-order valence-electron chi connectivity index (χ4n) is 2.66. The molecule has 1 aliphatic rings. The summed E-state index contributed by atoms with van der Waals surface area (Å²) >= 11 is 1.63. The number of likely N-dealkylation sites (tertiary alicyclic amines) is 1. The number of rotatable bonds is 4. The van der Waals surface area contributed by atoms with Crippen LogP contribution in [-0.4, -0.2) is 35.7 Å². The van der Waals surface area contributed by atoms with E-state index in [1.54, 1.807) is 16.2 Å². The van der Waals surface area contributed by atoms with Crippen molar-refractivity contribution in [1.29, 1.82) is 0 Å². The molecule has 110 valence electrons. The maximum Gasteiger partial charge on any atom is 0.223 e. The number of hydrogen-bond acceptors (Lipinski definition) is 4. The molecule has 1 aromatic rings. The highest BCUT2D eigenvalue weighted by Crippen LogP contribution is 2.22. The first-order valence-electron chi connectivity index (χ1n) is 7.11. The van der Waals surface area contributed by atoms with E-state index < -0.39 is 0 Å². The summed E-state index contributed by atoms with van der Waals surface area (Å²) in [5.41, 5.74) is 6.65. The maximum atomic E-state index is 12.1. The van der Waals surface area contributed by atoms with Crippen LogP contribution >= 0.6 is 11.3 Å². The smallest absolute Gasteiger partial charge is 0.223 e. The number of amides is 1. The molecular formula is C15H22N2O2S. The van der Waals surface area contributed by atoms with Crippen molar-refractivity contribution in [2.75, 3.05) is 13.1 Å². The predicted octanol–water partition coefficient (Wildman–Crippen LogP) is 2.28. The minimum atomic E-state index is 0.0538. The minimum Gasteiger partial charge on any atom is -0.341 e. The lowest BCUT2D eigenvalue weighted by Crippen LogP contribution is -2.45. The lowest BCUT2D eigenvalue weighted by atomic mass is 10.0. The van der Waals surface area contributed by atoms with Crippen molar-refractivity contribution in [3.63, 3.8) is 0 Å². The largest absolute Gasteiger partial charge is 0.341 e. The van der Waals surface area contributed by atoms with Crippen LogP contribution in [0.2, 0.25) is 0 Å². The number of piperidine rings is 1. The van der Waals surface area contributed by atoms with Crippen LogP contribution in [0, 0.1) is 13.8 Å². The van der Waals surface area contributed by atoms with Gasteiger partial charge in [-0.3, -0.25) is 9.59 Å². The quantitative estimate of drug-likeness (QED) is 0.867. The maximum absolute atomic E-state index is 12.1. The fourth-order valence-corrected chi connectivity index (χ4v) is 3.60. The number of thiophene rings is 1. The van der Waals surface area contributed by atoms with E-state index in [2.05, 4.69) is 0 Å².